The quantitative estimate of drug-likeness (QED) is 0.543. The number of anilines is 1. The zero-order valence-electron chi connectivity index (χ0n) is 16.1. The van der Waals surface area contributed by atoms with Crippen LogP contribution in [0.1, 0.15) is 11.1 Å². The molecule has 0 radical (unpaired) electrons. The second kappa shape index (κ2) is 10.0. The highest BCUT2D eigenvalue weighted by Crippen LogP contribution is 2.32. The number of nitrogens with zero attached hydrogens (tertiary/aromatic N) is 2. The van der Waals surface area contributed by atoms with Gasteiger partial charge in [0, 0.05) is 11.1 Å². The summed E-state index contributed by atoms with van der Waals surface area (Å²) in [5.74, 6) is 0.542. The fourth-order valence-electron chi connectivity index (χ4n) is 2.44. The molecule has 148 valence electrons. The summed E-state index contributed by atoms with van der Waals surface area (Å²) in [4.78, 5) is 12.6. The molecule has 2 aromatic carbocycles. The summed E-state index contributed by atoms with van der Waals surface area (Å²) in [5.41, 5.74) is 1.59. The molecule has 0 aromatic heterocycles. The lowest BCUT2D eigenvalue weighted by Gasteiger charge is -2.12. The zero-order valence-corrected chi connectivity index (χ0v) is 16.8. The van der Waals surface area contributed by atoms with E-state index in [0.29, 0.717) is 33.5 Å². The number of carbonyl (C=O) groups excluding carboxylic acids is 1. The van der Waals surface area contributed by atoms with Crippen molar-refractivity contribution in [3.63, 3.8) is 0 Å². The Morgan fingerprint density at radius 2 is 1.86 bits per heavy atom. The first-order valence-electron chi connectivity index (χ1n) is 8.38. The Balaban J connectivity index is 2.30. The number of aryl methyl sites for hydroxylation is 1. The van der Waals surface area contributed by atoms with Gasteiger partial charge in [-0.3, -0.25) is 4.79 Å². The highest BCUT2D eigenvalue weighted by Gasteiger charge is 2.15. The number of nitriles is 2. The lowest BCUT2D eigenvalue weighted by Crippen LogP contribution is -2.14. The van der Waals surface area contributed by atoms with Gasteiger partial charge in [0.15, 0.2) is 18.1 Å². The van der Waals surface area contributed by atoms with Gasteiger partial charge < -0.3 is 19.5 Å². The van der Waals surface area contributed by atoms with Crippen LogP contribution in [0, 0.1) is 29.6 Å². The molecule has 2 aromatic rings. The predicted octanol–water partition coefficient (Wildman–Crippen LogP) is 4.11. The van der Waals surface area contributed by atoms with Crippen LogP contribution in [0.25, 0.3) is 6.08 Å². The molecule has 1 amide bonds. The Labute approximate surface area is 173 Å². The molecule has 8 heteroatoms. The maximum atomic E-state index is 12.6. The Morgan fingerprint density at radius 3 is 2.48 bits per heavy atom. The molecule has 0 saturated carbocycles. The molecule has 0 saturated heterocycles. The van der Waals surface area contributed by atoms with Crippen LogP contribution in [0.15, 0.2) is 35.9 Å². The maximum Gasteiger partial charge on any atom is 0.266 e. The Kier molecular flexibility index (Phi) is 7.47. The zero-order chi connectivity index (χ0) is 21.4. The van der Waals surface area contributed by atoms with Gasteiger partial charge in [0.05, 0.1) is 19.9 Å². The summed E-state index contributed by atoms with van der Waals surface area (Å²) in [7, 11) is 2.91. The second-order valence-corrected chi connectivity index (χ2v) is 6.19. The van der Waals surface area contributed by atoms with Crippen LogP contribution in [0.2, 0.25) is 5.02 Å². The first kappa shape index (κ1) is 21.6. The van der Waals surface area contributed by atoms with Crippen LogP contribution in [0.5, 0.6) is 17.2 Å². The molecule has 2 rings (SSSR count). The Morgan fingerprint density at radius 1 is 1.14 bits per heavy atom. The summed E-state index contributed by atoms with van der Waals surface area (Å²) >= 11 is 6.07. The molecular weight excluding hydrogens is 394 g/mol. The minimum Gasteiger partial charge on any atom is -0.495 e. The average Bonchev–Trinajstić information content (AvgIpc) is 2.72. The van der Waals surface area contributed by atoms with E-state index in [1.54, 1.807) is 37.3 Å². The van der Waals surface area contributed by atoms with Crippen LogP contribution in [0.3, 0.4) is 0 Å². The molecule has 0 bridgehead atoms. The first-order valence-corrected chi connectivity index (χ1v) is 8.76. The van der Waals surface area contributed by atoms with Crippen molar-refractivity contribution < 1.29 is 19.0 Å². The Bertz CT molecular complexity index is 1040. The summed E-state index contributed by atoms with van der Waals surface area (Å²) in [6, 6.07) is 11.9. The summed E-state index contributed by atoms with van der Waals surface area (Å²) < 4.78 is 15.7. The lowest BCUT2D eigenvalue weighted by atomic mass is 10.1. The molecule has 0 aliphatic carbocycles. The highest BCUT2D eigenvalue weighted by molar-refractivity contribution is 6.31. The number of ether oxygens (including phenoxy) is 3. The number of methoxy groups -OCH3 is 2. The number of halogens is 1. The van der Waals surface area contributed by atoms with Gasteiger partial charge >= 0.3 is 0 Å². The molecule has 7 nitrogen and oxygen atoms in total. The van der Waals surface area contributed by atoms with Crippen LogP contribution >= 0.6 is 11.6 Å². The van der Waals surface area contributed by atoms with Crippen LogP contribution in [-0.4, -0.2) is 26.7 Å². The number of nitrogens with one attached hydrogen (secondary N) is 1. The SMILES string of the molecule is COc1cc(Cl)c(C)cc1NC(=O)/C(C#N)=C/c1ccc(OCC#N)c(OC)c1. The normalized spacial score (nSPS) is 10.5. The third-order valence-electron chi connectivity index (χ3n) is 3.88. The number of hydrogen-bond donors (Lipinski definition) is 1. The molecule has 0 aliphatic rings. The molecule has 0 heterocycles. The summed E-state index contributed by atoms with van der Waals surface area (Å²) in [5, 5.41) is 21.2. The van der Waals surface area contributed by atoms with Gasteiger partial charge in [0.25, 0.3) is 5.91 Å². The third-order valence-corrected chi connectivity index (χ3v) is 4.29. The van der Waals surface area contributed by atoms with E-state index in [1.165, 1.54) is 20.3 Å². The summed E-state index contributed by atoms with van der Waals surface area (Å²) in [6.45, 7) is 1.67. The van der Waals surface area contributed by atoms with Gasteiger partial charge in [-0.2, -0.15) is 10.5 Å². The fraction of sp³-hybridized carbons (Fsp3) is 0.190. The van der Waals surface area contributed by atoms with Crippen molar-refractivity contribution in [3.05, 3.63) is 52.1 Å². The minimum absolute atomic E-state index is 0.118. The van der Waals surface area contributed by atoms with Crippen LogP contribution in [-0.2, 0) is 4.79 Å². The monoisotopic (exact) mass is 411 g/mol. The standard InChI is InChI=1S/C21H18ClN3O4/c1-13-8-17(19(27-2)11-16(13)22)25-21(26)15(12-24)9-14-4-5-18(29-7-6-23)20(10-14)28-3/h4-5,8-11H,7H2,1-3H3,(H,25,26)/b15-9+. The molecule has 0 unspecified atom stereocenters. The number of amides is 1. The van der Waals surface area contributed by atoms with Crippen molar-refractivity contribution in [1.29, 1.82) is 10.5 Å². The average molecular weight is 412 g/mol. The molecule has 0 aliphatic heterocycles. The van der Waals surface area contributed by atoms with Crippen molar-refractivity contribution in [3.8, 4) is 29.4 Å². The van der Waals surface area contributed by atoms with E-state index in [0.717, 1.165) is 5.56 Å². The van der Waals surface area contributed by atoms with E-state index in [2.05, 4.69) is 5.32 Å². The fourth-order valence-corrected chi connectivity index (χ4v) is 2.59. The number of carbonyl (C=O) groups is 1. The van der Waals surface area contributed by atoms with Crippen molar-refractivity contribution in [2.24, 2.45) is 0 Å². The minimum atomic E-state index is -0.601. The van der Waals surface area contributed by atoms with E-state index in [9.17, 15) is 10.1 Å². The van der Waals surface area contributed by atoms with Crippen LogP contribution < -0.4 is 19.5 Å². The molecule has 1 N–H and O–H groups in total. The summed E-state index contributed by atoms with van der Waals surface area (Å²) in [6.07, 6.45) is 1.42. The number of rotatable bonds is 7. The predicted molar refractivity (Wildman–Crippen MR) is 109 cm³/mol. The van der Waals surface area contributed by atoms with Gasteiger partial charge in [0.2, 0.25) is 0 Å². The first-order chi connectivity index (χ1) is 13.9. The van der Waals surface area contributed by atoms with Crippen molar-refractivity contribution in [2.45, 2.75) is 6.92 Å². The van der Waals surface area contributed by atoms with Gasteiger partial charge in [0.1, 0.15) is 23.5 Å². The molecule has 29 heavy (non-hydrogen) atoms. The van der Waals surface area contributed by atoms with Crippen LogP contribution in [0.4, 0.5) is 5.69 Å². The molecule has 0 fully saturated rings. The van der Waals surface area contributed by atoms with Crippen molar-refractivity contribution >= 4 is 29.3 Å². The van der Waals surface area contributed by atoms with Gasteiger partial charge in [-0.25, -0.2) is 0 Å². The molecular formula is C21H18ClN3O4. The highest BCUT2D eigenvalue weighted by atomic mass is 35.5. The van der Waals surface area contributed by atoms with Gasteiger partial charge in [-0.1, -0.05) is 17.7 Å². The van der Waals surface area contributed by atoms with E-state index >= 15 is 0 Å². The second-order valence-electron chi connectivity index (χ2n) is 5.78. The molecule has 0 atom stereocenters. The van der Waals surface area contributed by atoms with E-state index in [4.69, 9.17) is 31.1 Å². The van der Waals surface area contributed by atoms with Gasteiger partial charge in [-0.15, -0.1) is 0 Å². The van der Waals surface area contributed by atoms with Gasteiger partial charge in [-0.05, 0) is 42.3 Å². The Hall–Kier alpha value is -3.68. The topological polar surface area (TPSA) is 104 Å². The third kappa shape index (κ3) is 5.41. The maximum absolute atomic E-state index is 12.6. The van der Waals surface area contributed by atoms with E-state index < -0.39 is 5.91 Å². The molecule has 0 spiro atoms. The van der Waals surface area contributed by atoms with Crippen molar-refractivity contribution in [2.75, 3.05) is 26.1 Å². The van der Waals surface area contributed by atoms with E-state index in [-0.39, 0.29) is 12.2 Å². The smallest absolute Gasteiger partial charge is 0.266 e. The largest absolute Gasteiger partial charge is 0.495 e. The number of benzene rings is 2. The number of hydrogen-bond acceptors (Lipinski definition) is 6. The van der Waals surface area contributed by atoms with E-state index in [1.807, 2.05) is 12.1 Å². The lowest BCUT2D eigenvalue weighted by molar-refractivity contribution is -0.112. The van der Waals surface area contributed by atoms with Crippen molar-refractivity contribution in [1.82, 2.24) is 0 Å².